The van der Waals surface area contributed by atoms with Crippen LogP contribution in [0.1, 0.15) is 11.1 Å². The third kappa shape index (κ3) is 4.44. The van der Waals surface area contributed by atoms with Crippen molar-refractivity contribution in [2.24, 2.45) is 0 Å². The highest BCUT2D eigenvalue weighted by atomic mass is 127. The molecule has 0 bridgehead atoms. The Morgan fingerprint density at radius 1 is 1.26 bits per heavy atom. The van der Waals surface area contributed by atoms with Crippen molar-refractivity contribution >= 4 is 51.6 Å². The molecule has 2 aromatic rings. The van der Waals surface area contributed by atoms with Gasteiger partial charge in [0, 0.05) is 7.05 Å². The van der Waals surface area contributed by atoms with Gasteiger partial charge in [0.25, 0.3) is 11.1 Å². The molecular weight excluding hydrogens is 484 g/mol. The maximum absolute atomic E-state index is 13.3. The summed E-state index contributed by atoms with van der Waals surface area (Å²) >= 11 is 3.00. The molecule has 2 amide bonds. The van der Waals surface area contributed by atoms with Crippen molar-refractivity contribution in [3.8, 4) is 11.5 Å². The number of nitrogens with zero attached hydrogens (tertiary/aromatic N) is 1. The molecule has 1 aliphatic heterocycles. The molecule has 8 heteroatoms. The van der Waals surface area contributed by atoms with E-state index in [4.69, 9.17) is 9.47 Å². The lowest BCUT2D eigenvalue weighted by molar-refractivity contribution is -0.121. The van der Waals surface area contributed by atoms with Gasteiger partial charge in [0.15, 0.2) is 11.5 Å². The first-order valence-corrected chi connectivity index (χ1v) is 9.75. The van der Waals surface area contributed by atoms with Gasteiger partial charge in [-0.25, -0.2) is 4.39 Å². The van der Waals surface area contributed by atoms with E-state index in [1.54, 1.807) is 24.3 Å². The van der Waals surface area contributed by atoms with E-state index in [1.807, 2.05) is 6.07 Å². The molecule has 27 heavy (non-hydrogen) atoms. The normalized spacial score (nSPS) is 15.6. The maximum atomic E-state index is 13.3. The Balaban J connectivity index is 1.85. The Hall–Kier alpha value is -2.07. The van der Waals surface area contributed by atoms with Crippen LogP contribution in [0.15, 0.2) is 41.3 Å². The second-order valence-corrected chi connectivity index (χ2v) is 7.85. The zero-order valence-corrected chi connectivity index (χ0v) is 17.5. The molecule has 0 radical (unpaired) electrons. The van der Waals surface area contributed by atoms with Gasteiger partial charge < -0.3 is 9.47 Å². The van der Waals surface area contributed by atoms with Gasteiger partial charge in [-0.2, -0.15) is 0 Å². The van der Waals surface area contributed by atoms with E-state index < -0.39 is 0 Å². The molecule has 0 spiro atoms. The SMILES string of the molecule is COc1cc(/C=C2\SC(=O)N(C)C2=O)cc(I)c1OCc1cccc(F)c1. The molecule has 140 valence electrons. The summed E-state index contributed by atoms with van der Waals surface area (Å²) in [6.45, 7) is 0.193. The lowest BCUT2D eigenvalue weighted by Crippen LogP contribution is -2.22. The number of carbonyl (C=O) groups is 2. The number of carbonyl (C=O) groups excluding carboxylic acids is 2. The molecule has 0 unspecified atom stereocenters. The number of halogens is 2. The van der Waals surface area contributed by atoms with Crippen LogP contribution in [-0.2, 0) is 11.4 Å². The second-order valence-electron chi connectivity index (χ2n) is 5.69. The number of hydrogen-bond acceptors (Lipinski definition) is 5. The van der Waals surface area contributed by atoms with Gasteiger partial charge in [0.05, 0.1) is 15.6 Å². The van der Waals surface area contributed by atoms with E-state index in [2.05, 4.69) is 22.6 Å². The lowest BCUT2D eigenvalue weighted by Gasteiger charge is -2.14. The van der Waals surface area contributed by atoms with Crippen LogP contribution in [0.2, 0.25) is 0 Å². The first-order valence-electron chi connectivity index (χ1n) is 7.85. The summed E-state index contributed by atoms with van der Waals surface area (Å²) in [5.41, 5.74) is 1.42. The minimum Gasteiger partial charge on any atom is -0.493 e. The highest BCUT2D eigenvalue weighted by molar-refractivity contribution is 14.1. The summed E-state index contributed by atoms with van der Waals surface area (Å²) in [6, 6.07) is 9.74. The molecular formula is C19H15FINO4S. The molecule has 0 N–H and O–H groups in total. The summed E-state index contributed by atoms with van der Waals surface area (Å²) in [6.07, 6.45) is 1.65. The van der Waals surface area contributed by atoms with Gasteiger partial charge in [0.1, 0.15) is 12.4 Å². The number of hydrogen-bond donors (Lipinski definition) is 0. The molecule has 5 nitrogen and oxygen atoms in total. The van der Waals surface area contributed by atoms with Crippen molar-refractivity contribution in [3.63, 3.8) is 0 Å². The minimum atomic E-state index is -0.328. The average Bonchev–Trinajstić information content (AvgIpc) is 2.87. The number of imide groups is 1. The van der Waals surface area contributed by atoms with Crippen LogP contribution in [0, 0.1) is 9.39 Å². The predicted octanol–water partition coefficient (Wildman–Crippen LogP) is 4.68. The monoisotopic (exact) mass is 499 g/mol. The maximum Gasteiger partial charge on any atom is 0.293 e. The van der Waals surface area contributed by atoms with Gasteiger partial charge >= 0.3 is 0 Å². The largest absolute Gasteiger partial charge is 0.493 e. The highest BCUT2D eigenvalue weighted by Crippen LogP contribution is 2.37. The first-order chi connectivity index (χ1) is 12.9. The summed E-state index contributed by atoms with van der Waals surface area (Å²) in [5, 5.41) is -0.303. The minimum absolute atomic E-state index is 0.193. The molecule has 0 saturated carbocycles. The number of ether oxygens (including phenoxy) is 2. The van der Waals surface area contributed by atoms with Crippen LogP contribution in [0.3, 0.4) is 0 Å². The van der Waals surface area contributed by atoms with Crippen LogP contribution in [0.25, 0.3) is 6.08 Å². The Morgan fingerprint density at radius 3 is 2.67 bits per heavy atom. The number of amides is 2. The zero-order valence-electron chi connectivity index (χ0n) is 14.5. The second kappa shape index (κ2) is 8.30. The lowest BCUT2D eigenvalue weighted by atomic mass is 10.1. The standard InChI is InChI=1S/C19H15FINO4S/c1-22-18(23)16(27-19(22)24)9-12-7-14(21)17(15(8-12)25-2)26-10-11-4-3-5-13(20)6-11/h3-9H,10H2,1-2H3/b16-9-. The third-order valence-electron chi connectivity index (χ3n) is 3.81. The molecule has 1 saturated heterocycles. The van der Waals surface area contributed by atoms with Crippen LogP contribution in [0.4, 0.5) is 9.18 Å². The van der Waals surface area contributed by atoms with Crippen molar-refractivity contribution in [1.82, 2.24) is 4.90 Å². The number of benzene rings is 2. The quantitative estimate of drug-likeness (QED) is 0.442. The van der Waals surface area contributed by atoms with E-state index in [9.17, 15) is 14.0 Å². The van der Waals surface area contributed by atoms with Gasteiger partial charge in [-0.3, -0.25) is 14.5 Å². The van der Waals surface area contributed by atoms with Crippen LogP contribution < -0.4 is 9.47 Å². The van der Waals surface area contributed by atoms with Crippen molar-refractivity contribution in [3.05, 3.63) is 61.8 Å². The van der Waals surface area contributed by atoms with E-state index in [0.717, 1.165) is 20.2 Å². The molecule has 1 aliphatic rings. The Kier molecular flexibility index (Phi) is 6.05. The smallest absolute Gasteiger partial charge is 0.293 e. The van der Waals surface area contributed by atoms with E-state index >= 15 is 0 Å². The van der Waals surface area contributed by atoms with E-state index in [-0.39, 0.29) is 23.6 Å². The summed E-state index contributed by atoms with van der Waals surface area (Å²) in [4.78, 5) is 25.1. The highest BCUT2D eigenvalue weighted by Gasteiger charge is 2.31. The Morgan fingerprint density at radius 2 is 2.04 bits per heavy atom. The number of methoxy groups -OCH3 is 1. The molecule has 1 fully saturated rings. The number of thioether (sulfide) groups is 1. The van der Waals surface area contributed by atoms with Crippen LogP contribution >= 0.6 is 34.4 Å². The zero-order chi connectivity index (χ0) is 19.6. The Labute approximate surface area is 173 Å². The van der Waals surface area contributed by atoms with Crippen LogP contribution in [0.5, 0.6) is 11.5 Å². The predicted molar refractivity (Wildman–Crippen MR) is 110 cm³/mol. The first kappa shape index (κ1) is 19.7. The van der Waals surface area contributed by atoms with Crippen molar-refractivity contribution in [1.29, 1.82) is 0 Å². The van der Waals surface area contributed by atoms with Gasteiger partial charge in [-0.1, -0.05) is 12.1 Å². The van der Waals surface area contributed by atoms with Crippen LogP contribution in [-0.4, -0.2) is 30.2 Å². The average molecular weight is 499 g/mol. The van der Waals surface area contributed by atoms with Crippen molar-refractivity contribution < 1.29 is 23.5 Å². The molecule has 0 atom stereocenters. The fourth-order valence-electron chi connectivity index (χ4n) is 2.44. The van der Waals surface area contributed by atoms with Gasteiger partial charge in [-0.15, -0.1) is 0 Å². The fourth-order valence-corrected chi connectivity index (χ4v) is 4.05. The Bertz CT molecular complexity index is 947. The molecule has 0 aliphatic carbocycles. The van der Waals surface area contributed by atoms with Gasteiger partial charge in [-0.05, 0) is 75.8 Å². The third-order valence-corrected chi connectivity index (χ3v) is 5.57. The van der Waals surface area contributed by atoms with E-state index in [0.29, 0.717) is 27.5 Å². The van der Waals surface area contributed by atoms with E-state index in [1.165, 1.54) is 26.3 Å². The summed E-state index contributed by atoms with van der Waals surface area (Å²) in [7, 11) is 2.97. The fraction of sp³-hybridized carbons (Fsp3) is 0.158. The summed E-state index contributed by atoms with van der Waals surface area (Å²) < 4.78 is 25.3. The number of rotatable bonds is 5. The van der Waals surface area contributed by atoms with Gasteiger partial charge in [0.2, 0.25) is 0 Å². The topological polar surface area (TPSA) is 55.8 Å². The molecule has 1 heterocycles. The van der Waals surface area contributed by atoms with Crippen molar-refractivity contribution in [2.75, 3.05) is 14.2 Å². The van der Waals surface area contributed by atoms with Crippen molar-refractivity contribution in [2.45, 2.75) is 6.61 Å². The molecule has 0 aromatic heterocycles. The number of likely N-dealkylation sites (N-methyl/N-ethyl adjacent to an activating group) is 1. The molecule has 3 rings (SSSR count). The molecule has 2 aromatic carbocycles. The summed E-state index contributed by atoms with van der Waals surface area (Å²) in [5.74, 6) is 0.367.